The molecule has 15 heavy (non-hydrogen) atoms. The fourth-order valence-corrected chi connectivity index (χ4v) is 1.03. The Kier molecular flexibility index (Phi) is 3.91. The van der Waals surface area contributed by atoms with Gasteiger partial charge in [0.05, 0.1) is 12.7 Å². The molecule has 1 aromatic rings. The smallest absolute Gasteiger partial charge is 0.214 e. The zero-order chi connectivity index (χ0) is 11.3. The van der Waals surface area contributed by atoms with Crippen LogP contribution in [0.1, 0.15) is 20.3 Å². The van der Waals surface area contributed by atoms with Crippen molar-refractivity contribution in [3.8, 4) is 5.88 Å². The number of pyridine rings is 1. The molecule has 0 spiro atoms. The number of hydrogen-bond donors (Lipinski definition) is 2. The summed E-state index contributed by atoms with van der Waals surface area (Å²) in [4.78, 5) is 4.18. The van der Waals surface area contributed by atoms with Crippen LogP contribution in [0.2, 0.25) is 0 Å². The Labute approximate surface area is 90.3 Å². The second-order valence-electron chi connectivity index (χ2n) is 3.77. The van der Waals surface area contributed by atoms with Crippen LogP contribution in [-0.2, 0) is 0 Å². The van der Waals surface area contributed by atoms with E-state index >= 15 is 0 Å². The van der Waals surface area contributed by atoms with Crippen molar-refractivity contribution in [3.05, 3.63) is 18.2 Å². The van der Waals surface area contributed by atoms with Gasteiger partial charge in [0, 0.05) is 12.6 Å². The summed E-state index contributed by atoms with van der Waals surface area (Å²) >= 11 is 0. The first-order valence-electron chi connectivity index (χ1n) is 5.04. The SMILES string of the molecule is CCC(C)(O)CNc1cccc(OC)n1. The van der Waals surface area contributed by atoms with Crippen molar-refractivity contribution < 1.29 is 9.84 Å². The van der Waals surface area contributed by atoms with Crippen molar-refractivity contribution in [1.82, 2.24) is 4.98 Å². The summed E-state index contributed by atoms with van der Waals surface area (Å²) in [6, 6.07) is 5.48. The van der Waals surface area contributed by atoms with Gasteiger partial charge in [-0.3, -0.25) is 0 Å². The highest BCUT2D eigenvalue weighted by Gasteiger charge is 2.16. The first kappa shape index (κ1) is 11.8. The molecule has 4 heteroatoms. The third-order valence-corrected chi connectivity index (χ3v) is 2.34. The first-order chi connectivity index (χ1) is 7.07. The lowest BCUT2D eigenvalue weighted by Crippen LogP contribution is -2.32. The van der Waals surface area contributed by atoms with Crippen LogP contribution in [0.25, 0.3) is 0 Å². The van der Waals surface area contributed by atoms with Crippen LogP contribution in [0.5, 0.6) is 5.88 Å². The zero-order valence-corrected chi connectivity index (χ0v) is 9.45. The predicted molar refractivity (Wildman–Crippen MR) is 60.2 cm³/mol. The van der Waals surface area contributed by atoms with Gasteiger partial charge < -0.3 is 15.2 Å². The molecule has 0 aliphatic carbocycles. The van der Waals surface area contributed by atoms with Crippen LogP contribution in [0, 0.1) is 0 Å². The number of hydrogen-bond acceptors (Lipinski definition) is 4. The van der Waals surface area contributed by atoms with Gasteiger partial charge in [0.25, 0.3) is 0 Å². The van der Waals surface area contributed by atoms with Crippen LogP contribution in [0.15, 0.2) is 18.2 Å². The van der Waals surface area contributed by atoms with E-state index in [-0.39, 0.29) is 0 Å². The van der Waals surface area contributed by atoms with Gasteiger partial charge >= 0.3 is 0 Å². The summed E-state index contributed by atoms with van der Waals surface area (Å²) < 4.78 is 5.00. The Morgan fingerprint density at radius 1 is 1.53 bits per heavy atom. The molecule has 1 aromatic heterocycles. The minimum atomic E-state index is -0.704. The molecular weight excluding hydrogens is 192 g/mol. The van der Waals surface area contributed by atoms with E-state index in [1.54, 1.807) is 20.1 Å². The predicted octanol–water partition coefficient (Wildman–Crippen LogP) is 1.66. The minimum Gasteiger partial charge on any atom is -0.481 e. The highest BCUT2D eigenvalue weighted by Crippen LogP contribution is 2.13. The van der Waals surface area contributed by atoms with Crippen molar-refractivity contribution >= 4 is 5.82 Å². The van der Waals surface area contributed by atoms with Gasteiger partial charge in [-0.15, -0.1) is 0 Å². The van der Waals surface area contributed by atoms with E-state index in [0.29, 0.717) is 24.7 Å². The lowest BCUT2D eigenvalue weighted by Gasteiger charge is -2.21. The molecule has 0 saturated carbocycles. The molecule has 0 amide bonds. The van der Waals surface area contributed by atoms with Crippen LogP contribution in [0.4, 0.5) is 5.82 Å². The Hall–Kier alpha value is -1.29. The molecular formula is C11H18N2O2. The van der Waals surface area contributed by atoms with E-state index in [4.69, 9.17) is 4.74 Å². The van der Waals surface area contributed by atoms with Crippen molar-refractivity contribution in [2.75, 3.05) is 19.0 Å². The van der Waals surface area contributed by atoms with Crippen LogP contribution in [0.3, 0.4) is 0 Å². The monoisotopic (exact) mass is 210 g/mol. The fraction of sp³-hybridized carbons (Fsp3) is 0.545. The maximum atomic E-state index is 9.79. The molecule has 1 heterocycles. The number of rotatable bonds is 5. The van der Waals surface area contributed by atoms with Crippen molar-refractivity contribution in [2.24, 2.45) is 0 Å². The maximum absolute atomic E-state index is 9.79. The lowest BCUT2D eigenvalue weighted by molar-refractivity contribution is 0.0696. The van der Waals surface area contributed by atoms with Gasteiger partial charge in [-0.1, -0.05) is 13.0 Å². The van der Waals surface area contributed by atoms with Crippen molar-refractivity contribution in [3.63, 3.8) is 0 Å². The molecule has 4 nitrogen and oxygen atoms in total. The lowest BCUT2D eigenvalue weighted by atomic mass is 10.0. The molecule has 1 unspecified atom stereocenters. The van der Waals surface area contributed by atoms with E-state index in [9.17, 15) is 5.11 Å². The second-order valence-corrected chi connectivity index (χ2v) is 3.77. The Balaban J connectivity index is 2.57. The van der Waals surface area contributed by atoms with E-state index in [1.165, 1.54) is 0 Å². The minimum absolute atomic E-state index is 0.476. The van der Waals surface area contributed by atoms with Gasteiger partial charge in [-0.25, -0.2) is 0 Å². The number of ether oxygens (including phenoxy) is 1. The van der Waals surface area contributed by atoms with Gasteiger partial charge in [0.2, 0.25) is 5.88 Å². The number of methoxy groups -OCH3 is 1. The Bertz CT molecular complexity index is 313. The normalized spacial score (nSPS) is 14.4. The molecule has 1 rings (SSSR count). The Morgan fingerprint density at radius 2 is 2.27 bits per heavy atom. The van der Waals surface area contributed by atoms with E-state index < -0.39 is 5.60 Å². The van der Waals surface area contributed by atoms with Crippen LogP contribution >= 0.6 is 0 Å². The number of nitrogens with one attached hydrogen (secondary N) is 1. The molecule has 0 saturated heterocycles. The molecule has 84 valence electrons. The average molecular weight is 210 g/mol. The standard InChI is InChI=1S/C11H18N2O2/c1-4-11(2,14)8-12-9-6-5-7-10(13-9)15-3/h5-7,14H,4,8H2,1-3H3,(H,12,13). The molecule has 0 aliphatic heterocycles. The molecule has 0 aliphatic rings. The number of nitrogens with zero attached hydrogens (tertiary/aromatic N) is 1. The molecule has 0 fully saturated rings. The van der Waals surface area contributed by atoms with Crippen LogP contribution < -0.4 is 10.1 Å². The highest BCUT2D eigenvalue weighted by atomic mass is 16.5. The topological polar surface area (TPSA) is 54.4 Å². The highest BCUT2D eigenvalue weighted by molar-refractivity contribution is 5.37. The third-order valence-electron chi connectivity index (χ3n) is 2.34. The van der Waals surface area contributed by atoms with E-state index in [2.05, 4.69) is 10.3 Å². The Morgan fingerprint density at radius 3 is 2.87 bits per heavy atom. The fourth-order valence-electron chi connectivity index (χ4n) is 1.03. The average Bonchev–Trinajstić information content (AvgIpc) is 2.27. The van der Waals surface area contributed by atoms with Gasteiger partial charge in [-0.05, 0) is 19.4 Å². The summed E-state index contributed by atoms with van der Waals surface area (Å²) in [5.74, 6) is 1.28. The summed E-state index contributed by atoms with van der Waals surface area (Å²) in [7, 11) is 1.58. The number of anilines is 1. The molecule has 0 bridgehead atoms. The van der Waals surface area contributed by atoms with Gasteiger partial charge in [-0.2, -0.15) is 4.98 Å². The number of aliphatic hydroxyl groups is 1. The second kappa shape index (κ2) is 4.98. The third kappa shape index (κ3) is 3.75. The van der Waals surface area contributed by atoms with Crippen molar-refractivity contribution in [2.45, 2.75) is 25.9 Å². The molecule has 0 aromatic carbocycles. The van der Waals surface area contributed by atoms with Crippen LogP contribution in [-0.4, -0.2) is 29.3 Å². The summed E-state index contributed by atoms with van der Waals surface area (Å²) in [6.07, 6.45) is 0.698. The van der Waals surface area contributed by atoms with Crippen molar-refractivity contribution in [1.29, 1.82) is 0 Å². The number of aromatic nitrogens is 1. The maximum Gasteiger partial charge on any atom is 0.214 e. The molecule has 2 N–H and O–H groups in total. The summed E-state index contributed by atoms with van der Waals surface area (Å²) in [5.41, 5.74) is -0.704. The first-order valence-corrected chi connectivity index (χ1v) is 5.04. The van der Waals surface area contributed by atoms with E-state index in [0.717, 1.165) is 0 Å². The largest absolute Gasteiger partial charge is 0.481 e. The van der Waals surface area contributed by atoms with E-state index in [1.807, 2.05) is 19.1 Å². The van der Waals surface area contributed by atoms with Gasteiger partial charge in [0.15, 0.2) is 0 Å². The zero-order valence-electron chi connectivity index (χ0n) is 9.45. The molecule has 1 atom stereocenters. The quantitative estimate of drug-likeness (QED) is 0.776. The van der Waals surface area contributed by atoms with Gasteiger partial charge in [0.1, 0.15) is 5.82 Å². The summed E-state index contributed by atoms with van der Waals surface area (Å²) in [5, 5.41) is 12.9. The summed E-state index contributed by atoms with van der Waals surface area (Å²) in [6.45, 7) is 4.21. The molecule has 0 radical (unpaired) electrons.